The number of aromatic nitrogens is 2. The molecule has 0 radical (unpaired) electrons. The number of para-hydroxylation sites is 2. The minimum Gasteiger partial charge on any atom is -0.495 e. The number of aryl methyl sites for hydroxylation is 1. The SMILES string of the molecule is COc1ccccc1NC(=O)c1sc2ncn(CC(=O)Nc3ccc(OC(C)C)cc3)c(=O)c2c1C. The molecular weight excluding hydrogens is 480 g/mol. The molecule has 4 rings (SSSR count). The first-order valence-electron chi connectivity index (χ1n) is 11.3. The summed E-state index contributed by atoms with van der Waals surface area (Å²) < 4.78 is 12.1. The van der Waals surface area contributed by atoms with Crippen molar-refractivity contribution in [1.29, 1.82) is 0 Å². The number of carbonyl (C=O) groups is 2. The van der Waals surface area contributed by atoms with Crippen LogP contribution >= 0.6 is 11.3 Å². The van der Waals surface area contributed by atoms with Crippen molar-refractivity contribution in [3.63, 3.8) is 0 Å². The lowest BCUT2D eigenvalue weighted by Crippen LogP contribution is -2.28. The van der Waals surface area contributed by atoms with Gasteiger partial charge in [-0.1, -0.05) is 12.1 Å². The van der Waals surface area contributed by atoms with Gasteiger partial charge in [0.15, 0.2) is 0 Å². The Morgan fingerprint density at radius 2 is 1.81 bits per heavy atom. The standard InChI is InChI=1S/C26H26N4O5S/c1-15(2)35-18-11-9-17(10-12-18)28-21(31)13-30-14-27-25-22(26(30)33)16(3)23(36-25)24(32)29-19-7-5-6-8-20(19)34-4/h5-12,14-15H,13H2,1-4H3,(H,28,31)(H,29,32). The van der Waals surface area contributed by atoms with Gasteiger partial charge >= 0.3 is 0 Å². The number of methoxy groups -OCH3 is 1. The number of fused-ring (bicyclic) bond motifs is 1. The van der Waals surface area contributed by atoms with Crippen molar-refractivity contribution in [1.82, 2.24) is 9.55 Å². The minimum atomic E-state index is -0.388. The van der Waals surface area contributed by atoms with Crippen LogP contribution in [0.25, 0.3) is 10.2 Å². The van der Waals surface area contributed by atoms with Gasteiger partial charge in [-0.05, 0) is 62.7 Å². The first-order chi connectivity index (χ1) is 17.3. The fourth-order valence-electron chi connectivity index (χ4n) is 3.66. The molecule has 0 aliphatic carbocycles. The van der Waals surface area contributed by atoms with E-state index >= 15 is 0 Å². The van der Waals surface area contributed by atoms with E-state index in [0.717, 1.165) is 11.3 Å². The summed E-state index contributed by atoms with van der Waals surface area (Å²) in [5, 5.41) is 5.91. The van der Waals surface area contributed by atoms with E-state index in [9.17, 15) is 14.4 Å². The molecule has 2 heterocycles. The molecule has 0 spiro atoms. The number of hydrogen-bond donors (Lipinski definition) is 2. The second kappa shape index (κ2) is 10.6. The van der Waals surface area contributed by atoms with E-state index in [-0.39, 0.29) is 30.0 Å². The number of ether oxygens (including phenoxy) is 2. The van der Waals surface area contributed by atoms with E-state index in [1.165, 1.54) is 18.0 Å². The van der Waals surface area contributed by atoms with Crippen molar-refractivity contribution in [3.8, 4) is 11.5 Å². The zero-order valence-electron chi connectivity index (χ0n) is 20.3. The predicted octanol–water partition coefficient (Wildman–Crippen LogP) is 4.45. The fourth-order valence-corrected chi connectivity index (χ4v) is 4.69. The Morgan fingerprint density at radius 1 is 1.08 bits per heavy atom. The first-order valence-corrected chi connectivity index (χ1v) is 12.1. The summed E-state index contributed by atoms with van der Waals surface area (Å²) in [5.74, 6) is 0.483. The van der Waals surface area contributed by atoms with Crippen LogP contribution in [0.5, 0.6) is 11.5 Å². The predicted molar refractivity (Wildman–Crippen MR) is 140 cm³/mol. The van der Waals surface area contributed by atoms with E-state index in [4.69, 9.17) is 9.47 Å². The van der Waals surface area contributed by atoms with Gasteiger partial charge in [-0.2, -0.15) is 0 Å². The normalized spacial score (nSPS) is 10.9. The summed E-state index contributed by atoms with van der Waals surface area (Å²) in [6.07, 6.45) is 1.37. The van der Waals surface area contributed by atoms with E-state index in [1.807, 2.05) is 13.8 Å². The number of anilines is 2. The van der Waals surface area contributed by atoms with Crippen LogP contribution in [0.15, 0.2) is 59.7 Å². The summed E-state index contributed by atoms with van der Waals surface area (Å²) in [5.41, 5.74) is 1.23. The number of rotatable bonds is 8. The van der Waals surface area contributed by atoms with Gasteiger partial charge < -0.3 is 20.1 Å². The smallest absolute Gasteiger partial charge is 0.266 e. The molecule has 0 fully saturated rings. The van der Waals surface area contributed by atoms with Crippen LogP contribution in [0, 0.1) is 6.92 Å². The highest BCUT2D eigenvalue weighted by Crippen LogP contribution is 2.29. The molecule has 2 aromatic heterocycles. The zero-order valence-corrected chi connectivity index (χ0v) is 21.1. The second-order valence-corrected chi connectivity index (χ2v) is 9.31. The van der Waals surface area contributed by atoms with Crippen LogP contribution in [0.3, 0.4) is 0 Å². The third-order valence-electron chi connectivity index (χ3n) is 5.30. The van der Waals surface area contributed by atoms with Gasteiger partial charge in [-0.25, -0.2) is 4.98 Å². The number of carbonyl (C=O) groups excluding carboxylic acids is 2. The van der Waals surface area contributed by atoms with Gasteiger partial charge in [0.1, 0.15) is 22.9 Å². The Hall–Kier alpha value is -4.18. The van der Waals surface area contributed by atoms with E-state index in [1.54, 1.807) is 55.5 Å². The molecule has 0 saturated carbocycles. The lowest BCUT2D eigenvalue weighted by Gasteiger charge is -2.11. The molecule has 2 aromatic carbocycles. The molecule has 2 N–H and O–H groups in total. The van der Waals surface area contributed by atoms with Crippen molar-refractivity contribution >= 4 is 44.7 Å². The van der Waals surface area contributed by atoms with Gasteiger partial charge in [0, 0.05) is 5.69 Å². The monoisotopic (exact) mass is 506 g/mol. The van der Waals surface area contributed by atoms with Crippen LogP contribution in [-0.2, 0) is 11.3 Å². The zero-order chi connectivity index (χ0) is 25.8. The number of thiophene rings is 1. The number of nitrogens with one attached hydrogen (secondary N) is 2. The molecule has 36 heavy (non-hydrogen) atoms. The quantitative estimate of drug-likeness (QED) is 0.365. The minimum absolute atomic E-state index is 0.0491. The van der Waals surface area contributed by atoms with Gasteiger partial charge in [-0.15, -0.1) is 11.3 Å². The topological polar surface area (TPSA) is 112 Å². The van der Waals surface area contributed by atoms with E-state index in [0.29, 0.717) is 43.5 Å². The third kappa shape index (κ3) is 5.38. The largest absolute Gasteiger partial charge is 0.495 e. The molecule has 186 valence electrons. The van der Waals surface area contributed by atoms with Crippen molar-refractivity contribution in [2.75, 3.05) is 17.7 Å². The van der Waals surface area contributed by atoms with Crippen LogP contribution < -0.4 is 25.7 Å². The van der Waals surface area contributed by atoms with Crippen LogP contribution in [0.2, 0.25) is 0 Å². The molecular formula is C26H26N4O5S. The van der Waals surface area contributed by atoms with Crippen molar-refractivity contribution in [3.05, 3.63) is 75.7 Å². The van der Waals surface area contributed by atoms with Crippen LogP contribution in [0.4, 0.5) is 11.4 Å². The molecule has 2 amide bonds. The summed E-state index contributed by atoms with van der Waals surface area (Å²) in [6.45, 7) is 5.35. The fraction of sp³-hybridized carbons (Fsp3) is 0.231. The molecule has 0 bridgehead atoms. The maximum Gasteiger partial charge on any atom is 0.266 e. The molecule has 0 saturated heterocycles. The maximum atomic E-state index is 13.2. The number of amides is 2. The van der Waals surface area contributed by atoms with Crippen LogP contribution in [0.1, 0.15) is 29.1 Å². The van der Waals surface area contributed by atoms with E-state index < -0.39 is 0 Å². The Bertz CT molecular complexity index is 1470. The van der Waals surface area contributed by atoms with Crippen LogP contribution in [-0.4, -0.2) is 34.6 Å². The molecule has 0 unspecified atom stereocenters. The Morgan fingerprint density at radius 3 is 2.50 bits per heavy atom. The van der Waals surface area contributed by atoms with Gasteiger partial charge in [0.2, 0.25) is 5.91 Å². The maximum absolute atomic E-state index is 13.2. The summed E-state index contributed by atoms with van der Waals surface area (Å²) in [4.78, 5) is 43.8. The Labute approximate surface area is 211 Å². The second-order valence-electron chi connectivity index (χ2n) is 8.31. The van der Waals surface area contributed by atoms with Crippen molar-refractivity contribution in [2.24, 2.45) is 0 Å². The Kier molecular flexibility index (Phi) is 7.35. The highest BCUT2D eigenvalue weighted by Gasteiger charge is 2.21. The number of nitrogens with zero attached hydrogens (tertiary/aromatic N) is 2. The average Bonchev–Trinajstić information content (AvgIpc) is 3.19. The Balaban J connectivity index is 1.52. The lowest BCUT2D eigenvalue weighted by molar-refractivity contribution is -0.116. The lowest BCUT2D eigenvalue weighted by atomic mass is 10.2. The third-order valence-corrected chi connectivity index (χ3v) is 6.50. The molecule has 4 aromatic rings. The van der Waals surface area contributed by atoms with E-state index in [2.05, 4.69) is 15.6 Å². The average molecular weight is 507 g/mol. The molecule has 0 aliphatic heterocycles. The molecule has 0 aliphatic rings. The molecule has 0 atom stereocenters. The highest BCUT2D eigenvalue weighted by molar-refractivity contribution is 7.20. The highest BCUT2D eigenvalue weighted by atomic mass is 32.1. The van der Waals surface area contributed by atoms with Crippen molar-refractivity contribution in [2.45, 2.75) is 33.4 Å². The van der Waals surface area contributed by atoms with Gasteiger partial charge in [0.25, 0.3) is 11.5 Å². The molecule has 9 nitrogen and oxygen atoms in total. The number of benzene rings is 2. The van der Waals surface area contributed by atoms with Gasteiger partial charge in [-0.3, -0.25) is 19.0 Å². The van der Waals surface area contributed by atoms with Crippen molar-refractivity contribution < 1.29 is 19.1 Å². The summed E-state index contributed by atoms with van der Waals surface area (Å²) in [6, 6.07) is 14.1. The number of hydrogen-bond acceptors (Lipinski definition) is 7. The summed E-state index contributed by atoms with van der Waals surface area (Å²) >= 11 is 1.12. The molecule has 10 heteroatoms. The summed E-state index contributed by atoms with van der Waals surface area (Å²) in [7, 11) is 1.52. The van der Waals surface area contributed by atoms with Gasteiger partial charge in [0.05, 0.1) is 35.5 Å². The first kappa shape index (κ1) is 24.9.